The largest absolute Gasteiger partial charge is 0.396 e. The minimum absolute atomic E-state index is 0.00975. The zero-order valence-corrected chi connectivity index (χ0v) is 25.9. The summed E-state index contributed by atoms with van der Waals surface area (Å²) in [6, 6.07) is -2.69. The van der Waals surface area contributed by atoms with E-state index in [1.807, 2.05) is 0 Å². The van der Waals surface area contributed by atoms with E-state index in [9.17, 15) is 45.0 Å². The van der Waals surface area contributed by atoms with Crippen molar-refractivity contribution in [3.63, 3.8) is 0 Å². The molecule has 1 aliphatic carbocycles. The van der Waals surface area contributed by atoms with E-state index in [1.165, 1.54) is 11.8 Å². The quantitative estimate of drug-likeness (QED) is 0.0690. The van der Waals surface area contributed by atoms with E-state index >= 15 is 0 Å². The van der Waals surface area contributed by atoms with Gasteiger partial charge in [0, 0.05) is 61.5 Å². The topological polar surface area (TPSA) is 305 Å². The molecule has 0 aromatic rings. The lowest BCUT2D eigenvalue weighted by Gasteiger charge is -2.45. The van der Waals surface area contributed by atoms with Gasteiger partial charge in [0.1, 0.15) is 36.6 Å². The molecule has 3 amide bonds. The van der Waals surface area contributed by atoms with Gasteiger partial charge in [0.05, 0.1) is 18.8 Å². The average molecular weight is 655 g/mol. The molecule has 1 heterocycles. The predicted octanol–water partition coefficient (Wildman–Crippen LogP) is -5.83. The van der Waals surface area contributed by atoms with Crippen LogP contribution in [0.2, 0.25) is 0 Å². The Hall–Kier alpha value is -1.68. The number of carbonyl (C=O) groups is 3. The highest BCUT2D eigenvalue weighted by atomic mass is 32.2. The van der Waals surface area contributed by atoms with Crippen molar-refractivity contribution < 1.29 is 54.5 Å². The van der Waals surface area contributed by atoms with Crippen molar-refractivity contribution in [2.45, 2.75) is 100 Å². The second kappa shape index (κ2) is 17.9. The maximum atomic E-state index is 12.3. The molecular weight excluding hydrogens is 604 g/mol. The Kier molecular flexibility index (Phi) is 15.6. The monoisotopic (exact) mass is 654 g/mol. The van der Waals surface area contributed by atoms with Gasteiger partial charge < -0.3 is 73.3 Å². The highest BCUT2D eigenvalue weighted by Crippen LogP contribution is 2.27. The first-order valence-corrected chi connectivity index (χ1v) is 15.7. The molecular formula is C26H50N6O11S. The first kappa shape index (κ1) is 38.5. The summed E-state index contributed by atoms with van der Waals surface area (Å²) in [5.41, 5.74) is 16.8. The van der Waals surface area contributed by atoms with Crippen molar-refractivity contribution >= 4 is 29.5 Å². The van der Waals surface area contributed by atoms with Gasteiger partial charge in [0.2, 0.25) is 17.7 Å². The Bertz CT molecular complexity index is 937. The van der Waals surface area contributed by atoms with Crippen LogP contribution in [0, 0.1) is 5.41 Å². The summed E-state index contributed by atoms with van der Waals surface area (Å²) < 4.78 is 11.4. The lowest BCUT2D eigenvalue weighted by molar-refractivity contribution is -0.288. The molecule has 0 aromatic heterocycles. The molecule has 0 spiro atoms. The average Bonchev–Trinajstić information content (AvgIpc) is 2.98. The number of carbonyl (C=O) groups excluding carboxylic acids is 3. The lowest BCUT2D eigenvalue weighted by Crippen LogP contribution is -2.67. The molecule has 1 saturated carbocycles. The van der Waals surface area contributed by atoms with Gasteiger partial charge in [0.15, 0.2) is 6.29 Å². The van der Waals surface area contributed by atoms with Gasteiger partial charge in [-0.25, -0.2) is 0 Å². The van der Waals surface area contributed by atoms with Crippen molar-refractivity contribution in [2.24, 2.45) is 22.6 Å². The zero-order chi connectivity index (χ0) is 33.2. The Labute approximate surface area is 260 Å². The van der Waals surface area contributed by atoms with Crippen molar-refractivity contribution in [1.29, 1.82) is 0 Å². The molecule has 0 radical (unpaired) electrons. The van der Waals surface area contributed by atoms with E-state index in [4.69, 9.17) is 26.7 Å². The molecule has 2 fully saturated rings. The summed E-state index contributed by atoms with van der Waals surface area (Å²) in [5.74, 6) is -0.348. The van der Waals surface area contributed by atoms with Gasteiger partial charge in [-0.15, -0.1) is 0 Å². The third-order valence-corrected chi connectivity index (χ3v) is 8.71. The molecule has 2 aliphatic rings. The van der Waals surface area contributed by atoms with Crippen LogP contribution in [0.1, 0.15) is 33.1 Å². The van der Waals surface area contributed by atoms with E-state index in [-0.39, 0.29) is 50.8 Å². The Morgan fingerprint density at radius 3 is 2.23 bits per heavy atom. The number of thioether (sulfide) groups is 1. The fraction of sp³-hybridized carbons (Fsp3) is 0.885. The molecule has 1 saturated heterocycles. The second-order valence-electron chi connectivity index (χ2n) is 11.9. The van der Waals surface area contributed by atoms with Crippen LogP contribution in [-0.4, -0.2) is 153 Å². The first-order valence-electron chi connectivity index (χ1n) is 14.6. The van der Waals surface area contributed by atoms with Crippen LogP contribution >= 0.6 is 11.8 Å². The Morgan fingerprint density at radius 1 is 0.909 bits per heavy atom. The van der Waals surface area contributed by atoms with Gasteiger partial charge in [-0.05, 0) is 6.42 Å². The van der Waals surface area contributed by atoms with Crippen LogP contribution in [0.15, 0.2) is 0 Å². The number of aliphatic hydroxyl groups is 6. The first-order chi connectivity index (χ1) is 20.6. The summed E-state index contributed by atoms with van der Waals surface area (Å²) in [7, 11) is 0. The maximum Gasteiger partial charge on any atom is 0.249 e. The molecule has 0 bridgehead atoms. The van der Waals surface area contributed by atoms with Crippen molar-refractivity contribution in [1.82, 2.24) is 16.0 Å². The minimum atomic E-state index is -1.47. The summed E-state index contributed by atoms with van der Waals surface area (Å²) in [6.45, 7) is 2.91. The highest BCUT2D eigenvalue weighted by Gasteiger charge is 2.48. The van der Waals surface area contributed by atoms with Crippen molar-refractivity contribution in [3.8, 4) is 0 Å². The summed E-state index contributed by atoms with van der Waals surface area (Å²) in [5, 5.41) is 68.2. The molecule has 17 nitrogen and oxygen atoms in total. The third-order valence-electron chi connectivity index (χ3n) is 7.72. The van der Waals surface area contributed by atoms with E-state index in [2.05, 4.69) is 16.0 Å². The number of aliphatic hydroxyl groups excluding tert-OH is 6. The third kappa shape index (κ3) is 11.0. The normalized spacial score (nSPS) is 33.3. The van der Waals surface area contributed by atoms with Gasteiger partial charge in [0.25, 0.3) is 0 Å². The lowest BCUT2D eigenvalue weighted by atomic mass is 9.84. The van der Waals surface area contributed by atoms with Crippen LogP contribution in [0.3, 0.4) is 0 Å². The summed E-state index contributed by atoms with van der Waals surface area (Å²) in [6.07, 6.45) is -10.2. The smallest absolute Gasteiger partial charge is 0.249 e. The van der Waals surface area contributed by atoms with Gasteiger partial charge >= 0.3 is 0 Å². The standard InChI is InChI=1S/C26H50N6O11S/c1-26(2,11-33)23(40)24(41)31-5-3-15(34)30-6-8-44-7-4-16(35)32-10-14-19(37)20(38)17(29)25(42-14)43-22-13(28)9-12(27)18(36)21(22)39/h12-14,17-23,25,33,36-40H,3-11,27-29H2,1-2H3,(H,30,34)(H,31,41)(H,32,35)/t12-,13+,14-,17-,18+,19-,20-,21-,22-,23+,25?/m1/s1. The number of nitrogens with one attached hydrogen (secondary N) is 3. The maximum absolute atomic E-state index is 12.3. The number of rotatable bonds is 16. The molecule has 44 heavy (non-hydrogen) atoms. The molecule has 18 heteroatoms. The van der Waals surface area contributed by atoms with Crippen molar-refractivity contribution in [3.05, 3.63) is 0 Å². The van der Waals surface area contributed by atoms with Gasteiger partial charge in [-0.2, -0.15) is 11.8 Å². The molecule has 1 aliphatic heterocycles. The molecule has 1 unspecified atom stereocenters. The Morgan fingerprint density at radius 2 is 1.57 bits per heavy atom. The minimum Gasteiger partial charge on any atom is -0.396 e. The van der Waals surface area contributed by atoms with Gasteiger partial charge in [-0.1, -0.05) is 13.8 Å². The fourth-order valence-corrected chi connectivity index (χ4v) is 5.41. The van der Waals surface area contributed by atoms with E-state index in [0.717, 1.165) is 0 Å². The van der Waals surface area contributed by atoms with Crippen LogP contribution < -0.4 is 33.2 Å². The molecule has 11 atom stereocenters. The molecule has 2 rings (SSSR count). The van der Waals surface area contributed by atoms with Crippen LogP contribution in [-0.2, 0) is 23.9 Å². The summed E-state index contributed by atoms with van der Waals surface area (Å²) >= 11 is 1.42. The number of hydrogen-bond acceptors (Lipinski definition) is 15. The molecule has 0 aromatic carbocycles. The zero-order valence-electron chi connectivity index (χ0n) is 25.1. The van der Waals surface area contributed by atoms with E-state index in [0.29, 0.717) is 18.1 Å². The second-order valence-corrected chi connectivity index (χ2v) is 13.1. The summed E-state index contributed by atoms with van der Waals surface area (Å²) in [4.78, 5) is 36.2. The number of nitrogens with two attached hydrogens (primary N) is 3. The Balaban J connectivity index is 1.65. The fourth-order valence-electron chi connectivity index (χ4n) is 4.63. The number of ether oxygens (including phenoxy) is 2. The number of hydrogen-bond donors (Lipinski definition) is 12. The van der Waals surface area contributed by atoms with Crippen LogP contribution in [0.4, 0.5) is 0 Å². The van der Waals surface area contributed by atoms with Crippen molar-refractivity contribution in [2.75, 3.05) is 37.7 Å². The number of amides is 3. The van der Waals surface area contributed by atoms with Crippen LogP contribution in [0.5, 0.6) is 0 Å². The molecule has 256 valence electrons. The predicted molar refractivity (Wildman–Crippen MR) is 159 cm³/mol. The van der Waals surface area contributed by atoms with Crippen LogP contribution in [0.25, 0.3) is 0 Å². The molecule has 15 N–H and O–H groups in total. The SMILES string of the molecule is CC(C)(CO)[C@@H](O)C(=O)NCCC(=O)NCCSCCC(=O)NC[C@H]1OC(O[C@H]2[C@H](O)[C@@H](O)[C@H](N)C[C@@H]2N)[C@H](N)[C@@H](O)[C@@H]1O. The van der Waals surface area contributed by atoms with Gasteiger partial charge in [-0.3, -0.25) is 14.4 Å². The van der Waals surface area contributed by atoms with E-state index < -0.39 is 78.5 Å². The van der Waals surface area contributed by atoms with E-state index in [1.54, 1.807) is 13.8 Å². The highest BCUT2D eigenvalue weighted by molar-refractivity contribution is 7.99.